The van der Waals surface area contributed by atoms with Crippen molar-refractivity contribution in [3.05, 3.63) is 45.7 Å². The number of thiazole rings is 1. The molecule has 5 heteroatoms. The molecule has 1 atom stereocenters. The largest absolute Gasteiger partial charge is 0.490 e. The summed E-state index contributed by atoms with van der Waals surface area (Å²) in [5, 5.41) is 1.03. The van der Waals surface area contributed by atoms with Gasteiger partial charge in [-0.1, -0.05) is 12.1 Å². The topological polar surface area (TPSA) is 48.1 Å². The highest BCUT2D eigenvalue weighted by atomic mass is 32.1. The number of benzene rings is 1. The van der Waals surface area contributed by atoms with Gasteiger partial charge in [0, 0.05) is 23.3 Å². The molecule has 1 fully saturated rings. The molecule has 1 aliphatic rings. The van der Waals surface area contributed by atoms with Crippen molar-refractivity contribution < 1.29 is 9.13 Å². The number of halogens is 1. The van der Waals surface area contributed by atoms with Crippen LogP contribution in [0, 0.1) is 5.82 Å². The predicted octanol–water partition coefficient (Wildman–Crippen LogP) is 3.80. The molecule has 3 rings (SSSR count). The molecular weight excluding hydrogens is 287 g/mol. The number of para-hydroxylation sites is 1. The van der Waals surface area contributed by atoms with Crippen LogP contribution >= 0.6 is 11.3 Å². The predicted molar refractivity (Wildman–Crippen MR) is 82.3 cm³/mol. The Morgan fingerprint density at radius 2 is 2.19 bits per heavy atom. The summed E-state index contributed by atoms with van der Waals surface area (Å²) in [5.41, 5.74) is 7.20. The summed E-state index contributed by atoms with van der Waals surface area (Å²) in [5.74, 6) is 0.568. The van der Waals surface area contributed by atoms with E-state index in [-0.39, 0.29) is 11.9 Å². The van der Waals surface area contributed by atoms with Crippen LogP contribution in [0.1, 0.15) is 47.3 Å². The molecule has 112 valence electrons. The molecule has 1 heterocycles. The molecule has 2 aromatic rings. The van der Waals surface area contributed by atoms with Gasteiger partial charge in [0.1, 0.15) is 0 Å². The third-order valence-corrected chi connectivity index (χ3v) is 4.85. The Kier molecular flexibility index (Phi) is 4.22. The number of aromatic nitrogens is 1. The van der Waals surface area contributed by atoms with Gasteiger partial charge in [0.15, 0.2) is 11.6 Å². The number of nitrogens with two attached hydrogens (primary N) is 1. The van der Waals surface area contributed by atoms with E-state index in [9.17, 15) is 4.39 Å². The minimum absolute atomic E-state index is 0.0272. The van der Waals surface area contributed by atoms with Gasteiger partial charge in [0.2, 0.25) is 0 Å². The molecule has 1 saturated carbocycles. The van der Waals surface area contributed by atoms with Crippen LogP contribution in [0.3, 0.4) is 0 Å². The Hall–Kier alpha value is -1.46. The zero-order valence-corrected chi connectivity index (χ0v) is 12.8. The minimum atomic E-state index is -0.327. The molecule has 2 N–H and O–H groups in total. The first-order valence-electron chi connectivity index (χ1n) is 7.27. The zero-order valence-electron chi connectivity index (χ0n) is 12.0. The first-order valence-corrected chi connectivity index (χ1v) is 8.09. The van der Waals surface area contributed by atoms with Gasteiger partial charge in [0.05, 0.1) is 17.3 Å². The van der Waals surface area contributed by atoms with Crippen LogP contribution in [0.25, 0.3) is 0 Å². The summed E-state index contributed by atoms with van der Waals surface area (Å²) in [6.45, 7) is 2.43. The van der Waals surface area contributed by atoms with Gasteiger partial charge < -0.3 is 10.5 Å². The van der Waals surface area contributed by atoms with Gasteiger partial charge in [0.25, 0.3) is 0 Å². The van der Waals surface area contributed by atoms with E-state index in [1.165, 1.54) is 29.5 Å². The zero-order chi connectivity index (χ0) is 14.8. The number of hydrogen-bond acceptors (Lipinski definition) is 4. The lowest BCUT2D eigenvalue weighted by molar-refractivity contribution is 0.305. The van der Waals surface area contributed by atoms with E-state index in [4.69, 9.17) is 15.5 Å². The second-order valence-electron chi connectivity index (χ2n) is 5.45. The van der Waals surface area contributed by atoms with Crippen molar-refractivity contribution in [3.63, 3.8) is 0 Å². The molecule has 0 radical (unpaired) electrons. The quantitative estimate of drug-likeness (QED) is 0.883. The molecule has 0 saturated heterocycles. The fraction of sp³-hybridized carbons (Fsp3) is 0.438. The maximum atomic E-state index is 13.4. The molecule has 0 spiro atoms. The molecule has 3 nitrogen and oxygen atoms in total. The van der Waals surface area contributed by atoms with Crippen LogP contribution in [0.5, 0.6) is 5.75 Å². The van der Waals surface area contributed by atoms with Crippen molar-refractivity contribution in [1.29, 1.82) is 0 Å². The second-order valence-corrected chi connectivity index (χ2v) is 6.56. The third kappa shape index (κ3) is 3.41. The molecular formula is C16H19FN2OS. The van der Waals surface area contributed by atoms with E-state index in [1.807, 2.05) is 6.92 Å². The Bertz CT molecular complexity index is 603. The van der Waals surface area contributed by atoms with Gasteiger partial charge in [-0.05, 0) is 31.9 Å². The number of hydrogen-bond donors (Lipinski definition) is 1. The highest BCUT2D eigenvalue weighted by molar-refractivity contribution is 7.11. The van der Waals surface area contributed by atoms with E-state index in [0.29, 0.717) is 24.7 Å². The Labute approximate surface area is 128 Å². The van der Waals surface area contributed by atoms with Crippen LogP contribution in [-0.2, 0) is 6.42 Å². The van der Waals surface area contributed by atoms with E-state index >= 15 is 0 Å². The molecule has 1 aromatic carbocycles. The van der Waals surface area contributed by atoms with Crippen molar-refractivity contribution in [2.75, 3.05) is 6.61 Å². The number of nitrogens with zero attached hydrogens (tertiary/aromatic N) is 1. The van der Waals surface area contributed by atoms with Gasteiger partial charge in [-0.25, -0.2) is 9.37 Å². The highest BCUT2D eigenvalue weighted by Crippen LogP contribution is 2.44. The van der Waals surface area contributed by atoms with E-state index < -0.39 is 0 Å². The molecule has 21 heavy (non-hydrogen) atoms. The average molecular weight is 306 g/mol. The SMILES string of the molecule is CC(N)c1sc(CCOc2ccccc2F)nc1C1CC1. The minimum Gasteiger partial charge on any atom is -0.490 e. The fourth-order valence-electron chi connectivity index (χ4n) is 2.28. The average Bonchev–Trinajstić information content (AvgIpc) is 3.21. The summed E-state index contributed by atoms with van der Waals surface area (Å²) in [7, 11) is 0. The van der Waals surface area contributed by atoms with E-state index in [1.54, 1.807) is 29.5 Å². The molecule has 0 bridgehead atoms. The van der Waals surface area contributed by atoms with Gasteiger partial charge in [-0.3, -0.25) is 0 Å². The Morgan fingerprint density at radius 1 is 1.43 bits per heavy atom. The van der Waals surface area contributed by atoms with Crippen LogP contribution < -0.4 is 10.5 Å². The Morgan fingerprint density at radius 3 is 2.86 bits per heavy atom. The number of rotatable bonds is 6. The molecule has 1 aromatic heterocycles. The highest BCUT2D eigenvalue weighted by Gasteiger charge is 2.30. The van der Waals surface area contributed by atoms with Crippen molar-refractivity contribution in [3.8, 4) is 5.75 Å². The van der Waals surface area contributed by atoms with Gasteiger partial charge in [-0.2, -0.15) is 0 Å². The lowest BCUT2D eigenvalue weighted by Crippen LogP contribution is -2.05. The van der Waals surface area contributed by atoms with Crippen molar-refractivity contribution in [1.82, 2.24) is 4.98 Å². The van der Waals surface area contributed by atoms with E-state index in [0.717, 1.165) is 5.01 Å². The lowest BCUT2D eigenvalue weighted by Gasteiger charge is -2.05. The van der Waals surface area contributed by atoms with Crippen molar-refractivity contribution >= 4 is 11.3 Å². The van der Waals surface area contributed by atoms with Crippen LogP contribution in [0.15, 0.2) is 24.3 Å². The standard InChI is InChI=1S/C16H19FN2OS/c1-10(18)16-15(11-6-7-11)19-14(21-16)8-9-20-13-5-3-2-4-12(13)17/h2-5,10-11H,6-9,18H2,1H3. The lowest BCUT2D eigenvalue weighted by atomic mass is 10.2. The van der Waals surface area contributed by atoms with Crippen LogP contribution in [0.2, 0.25) is 0 Å². The summed E-state index contributed by atoms with van der Waals surface area (Å²) in [6.07, 6.45) is 3.12. The summed E-state index contributed by atoms with van der Waals surface area (Å²) >= 11 is 1.67. The maximum Gasteiger partial charge on any atom is 0.165 e. The van der Waals surface area contributed by atoms with Crippen molar-refractivity contribution in [2.24, 2.45) is 5.73 Å². The summed E-state index contributed by atoms with van der Waals surface area (Å²) < 4.78 is 18.9. The monoisotopic (exact) mass is 306 g/mol. The smallest absolute Gasteiger partial charge is 0.165 e. The first-order chi connectivity index (χ1) is 10.1. The van der Waals surface area contributed by atoms with E-state index in [2.05, 4.69) is 0 Å². The summed E-state index contributed by atoms with van der Waals surface area (Å²) in [6, 6.07) is 6.48. The summed E-state index contributed by atoms with van der Waals surface area (Å²) in [4.78, 5) is 5.90. The first kappa shape index (κ1) is 14.5. The third-order valence-electron chi connectivity index (χ3n) is 3.51. The normalized spacial score (nSPS) is 16.0. The van der Waals surface area contributed by atoms with Crippen molar-refractivity contribution in [2.45, 2.75) is 38.1 Å². The second kappa shape index (κ2) is 6.12. The Balaban J connectivity index is 1.63. The molecule has 0 amide bonds. The van der Waals surface area contributed by atoms with Gasteiger partial charge in [-0.15, -0.1) is 11.3 Å². The van der Waals surface area contributed by atoms with Gasteiger partial charge >= 0.3 is 0 Å². The maximum absolute atomic E-state index is 13.4. The molecule has 1 unspecified atom stereocenters. The van der Waals surface area contributed by atoms with Crippen LogP contribution in [-0.4, -0.2) is 11.6 Å². The number of ether oxygens (including phenoxy) is 1. The molecule has 0 aliphatic heterocycles. The molecule has 1 aliphatic carbocycles. The van der Waals surface area contributed by atoms with Crippen LogP contribution in [0.4, 0.5) is 4.39 Å². The fourth-order valence-corrected chi connectivity index (χ4v) is 3.37.